The summed E-state index contributed by atoms with van der Waals surface area (Å²) >= 11 is 4.65. The Balaban J connectivity index is 1.74. The van der Waals surface area contributed by atoms with E-state index in [0.29, 0.717) is 0 Å². The third-order valence-corrected chi connectivity index (χ3v) is 5.17. The van der Waals surface area contributed by atoms with Gasteiger partial charge in [-0.25, -0.2) is 13.6 Å². The van der Waals surface area contributed by atoms with Crippen LogP contribution in [0.15, 0.2) is 36.4 Å². The minimum absolute atomic E-state index is 0.0444. The standard InChI is InChI=1S/C21H17ClF4N2O4/c1-32-17(29)16-13(3-2-4-14(16)23)11-5-6-12(15(24)9-11)10-27-18(30)20(7-8-20)28-19(31)21(22,25)26/h2-6,9H,7-8,10H2,1H3,(H,27,30)(H,28,31). The highest BCUT2D eigenvalue weighted by Gasteiger charge is 2.54. The number of nitrogens with one attached hydrogen (secondary N) is 2. The smallest absolute Gasteiger partial charge is 0.399 e. The molecule has 2 aromatic carbocycles. The second-order valence-corrected chi connectivity index (χ2v) is 7.65. The largest absolute Gasteiger partial charge is 0.465 e. The van der Waals surface area contributed by atoms with Gasteiger partial charge in [-0.05, 0) is 47.7 Å². The molecule has 0 heterocycles. The molecule has 0 atom stereocenters. The molecule has 0 bridgehead atoms. The van der Waals surface area contributed by atoms with Gasteiger partial charge >= 0.3 is 17.3 Å². The van der Waals surface area contributed by atoms with Crippen LogP contribution in [0.25, 0.3) is 11.1 Å². The molecule has 0 saturated heterocycles. The summed E-state index contributed by atoms with van der Waals surface area (Å²) in [6.07, 6.45) is 0.268. The second-order valence-electron chi connectivity index (χ2n) is 7.18. The molecule has 3 rings (SSSR count). The fraction of sp³-hybridized carbons (Fsp3) is 0.286. The van der Waals surface area contributed by atoms with Crippen LogP contribution in [0.4, 0.5) is 17.6 Å². The maximum atomic E-state index is 14.6. The van der Waals surface area contributed by atoms with Gasteiger partial charge in [0.2, 0.25) is 5.91 Å². The summed E-state index contributed by atoms with van der Waals surface area (Å²) in [6, 6.07) is 7.67. The normalized spacial score (nSPS) is 14.4. The lowest BCUT2D eigenvalue weighted by molar-refractivity contribution is -0.139. The van der Waals surface area contributed by atoms with Crippen molar-refractivity contribution >= 4 is 29.4 Å². The van der Waals surface area contributed by atoms with Crippen molar-refractivity contribution in [3.05, 3.63) is 59.2 Å². The first-order valence-electron chi connectivity index (χ1n) is 9.32. The summed E-state index contributed by atoms with van der Waals surface area (Å²) < 4.78 is 59.1. The molecule has 1 aliphatic rings. The first kappa shape index (κ1) is 23.5. The Bertz CT molecular complexity index is 1080. The first-order chi connectivity index (χ1) is 15.0. The maximum Gasteiger partial charge on any atom is 0.399 e. The first-order valence-corrected chi connectivity index (χ1v) is 9.69. The van der Waals surface area contributed by atoms with Crippen molar-refractivity contribution < 1.29 is 36.7 Å². The number of esters is 1. The summed E-state index contributed by atoms with van der Waals surface area (Å²) in [6.45, 7) is -0.299. The Morgan fingerprint density at radius 3 is 2.38 bits per heavy atom. The Morgan fingerprint density at radius 1 is 1.12 bits per heavy atom. The van der Waals surface area contributed by atoms with Crippen LogP contribution in [0.3, 0.4) is 0 Å². The number of ether oxygens (including phenoxy) is 1. The molecule has 11 heteroatoms. The predicted molar refractivity (Wildman–Crippen MR) is 106 cm³/mol. The minimum atomic E-state index is -4.15. The van der Waals surface area contributed by atoms with Crippen LogP contribution in [-0.2, 0) is 20.9 Å². The van der Waals surface area contributed by atoms with Gasteiger partial charge in [0.15, 0.2) is 0 Å². The highest BCUT2D eigenvalue weighted by molar-refractivity contribution is 6.32. The van der Waals surface area contributed by atoms with Crippen molar-refractivity contribution in [1.82, 2.24) is 10.6 Å². The van der Waals surface area contributed by atoms with Gasteiger partial charge in [0.1, 0.15) is 22.7 Å². The van der Waals surface area contributed by atoms with Crippen molar-refractivity contribution in [3.8, 4) is 11.1 Å². The van der Waals surface area contributed by atoms with Crippen molar-refractivity contribution in [2.75, 3.05) is 7.11 Å². The van der Waals surface area contributed by atoms with Crippen LogP contribution in [0.2, 0.25) is 0 Å². The van der Waals surface area contributed by atoms with Crippen molar-refractivity contribution in [2.45, 2.75) is 30.3 Å². The molecule has 0 spiro atoms. The lowest BCUT2D eigenvalue weighted by Crippen LogP contribution is -2.52. The molecule has 0 unspecified atom stereocenters. The fourth-order valence-corrected chi connectivity index (χ4v) is 3.15. The number of amides is 2. The Hall–Kier alpha value is -3.14. The molecule has 1 fully saturated rings. The number of carbonyl (C=O) groups is 3. The molecular formula is C21H17ClF4N2O4. The van der Waals surface area contributed by atoms with Gasteiger partial charge in [-0.2, -0.15) is 8.78 Å². The summed E-state index contributed by atoms with van der Waals surface area (Å²) in [5.41, 5.74) is -1.50. The van der Waals surface area contributed by atoms with E-state index in [0.717, 1.165) is 19.2 Å². The van der Waals surface area contributed by atoms with Crippen LogP contribution in [0.1, 0.15) is 28.8 Å². The van der Waals surface area contributed by atoms with Crippen molar-refractivity contribution in [1.29, 1.82) is 0 Å². The lowest BCUT2D eigenvalue weighted by Gasteiger charge is -2.19. The SMILES string of the molecule is COC(=O)c1c(F)cccc1-c1ccc(CNC(=O)C2(NC(=O)C(F)(F)Cl)CC2)c(F)c1. The number of hydrogen-bond donors (Lipinski definition) is 2. The molecule has 1 saturated carbocycles. The zero-order chi connectivity index (χ0) is 23.7. The monoisotopic (exact) mass is 472 g/mol. The average Bonchev–Trinajstić information content (AvgIpc) is 3.52. The molecule has 2 N–H and O–H groups in total. The van der Waals surface area contributed by atoms with E-state index >= 15 is 0 Å². The highest BCUT2D eigenvalue weighted by Crippen LogP contribution is 2.37. The molecular weight excluding hydrogens is 456 g/mol. The van der Waals surface area contributed by atoms with Crippen LogP contribution < -0.4 is 10.6 Å². The van der Waals surface area contributed by atoms with Crippen molar-refractivity contribution in [2.24, 2.45) is 0 Å². The quantitative estimate of drug-likeness (QED) is 0.367. The van der Waals surface area contributed by atoms with Gasteiger partial charge in [-0.3, -0.25) is 9.59 Å². The summed E-state index contributed by atoms with van der Waals surface area (Å²) in [5, 5.41) is 0.146. The molecule has 6 nitrogen and oxygen atoms in total. The number of halogens is 5. The molecule has 0 radical (unpaired) electrons. The van der Waals surface area contributed by atoms with E-state index in [4.69, 9.17) is 0 Å². The zero-order valence-corrected chi connectivity index (χ0v) is 17.4. The van der Waals surface area contributed by atoms with Gasteiger partial charge in [0.05, 0.1) is 7.11 Å². The van der Waals surface area contributed by atoms with Crippen LogP contribution >= 0.6 is 11.6 Å². The van der Waals surface area contributed by atoms with E-state index < -0.39 is 40.3 Å². The van der Waals surface area contributed by atoms with E-state index in [-0.39, 0.29) is 41.6 Å². The van der Waals surface area contributed by atoms with Gasteiger partial charge in [0.25, 0.3) is 0 Å². The van der Waals surface area contributed by atoms with Crippen LogP contribution in [-0.4, -0.2) is 35.8 Å². The number of carbonyl (C=O) groups excluding carboxylic acids is 3. The Morgan fingerprint density at radius 2 is 1.81 bits per heavy atom. The lowest BCUT2D eigenvalue weighted by atomic mass is 9.98. The predicted octanol–water partition coefficient (Wildman–Crippen LogP) is 3.52. The minimum Gasteiger partial charge on any atom is -0.465 e. The number of hydrogen-bond acceptors (Lipinski definition) is 4. The Labute approximate surface area is 184 Å². The van der Waals surface area contributed by atoms with E-state index in [9.17, 15) is 31.9 Å². The second kappa shape index (κ2) is 8.78. The third kappa shape index (κ3) is 4.85. The van der Waals surface area contributed by atoms with Gasteiger partial charge in [-0.1, -0.05) is 24.3 Å². The molecule has 0 aliphatic heterocycles. The third-order valence-electron chi connectivity index (χ3n) is 5.00. The molecule has 32 heavy (non-hydrogen) atoms. The highest BCUT2D eigenvalue weighted by atomic mass is 35.5. The molecule has 2 aromatic rings. The van der Waals surface area contributed by atoms with Crippen LogP contribution in [0, 0.1) is 11.6 Å². The fourth-order valence-electron chi connectivity index (χ4n) is 3.10. The Kier molecular flexibility index (Phi) is 6.45. The maximum absolute atomic E-state index is 14.6. The number of alkyl halides is 3. The number of benzene rings is 2. The van der Waals surface area contributed by atoms with E-state index in [1.807, 2.05) is 5.32 Å². The van der Waals surface area contributed by atoms with E-state index in [2.05, 4.69) is 21.7 Å². The van der Waals surface area contributed by atoms with Crippen LogP contribution in [0.5, 0.6) is 0 Å². The topological polar surface area (TPSA) is 84.5 Å². The number of methoxy groups -OCH3 is 1. The van der Waals surface area contributed by atoms with Gasteiger partial charge < -0.3 is 15.4 Å². The molecule has 2 amide bonds. The van der Waals surface area contributed by atoms with Gasteiger partial charge in [-0.15, -0.1) is 0 Å². The number of rotatable bonds is 7. The molecule has 170 valence electrons. The van der Waals surface area contributed by atoms with E-state index in [1.54, 1.807) is 0 Å². The molecule has 0 aromatic heterocycles. The molecule has 1 aliphatic carbocycles. The zero-order valence-electron chi connectivity index (χ0n) is 16.6. The summed E-state index contributed by atoms with van der Waals surface area (Å²) in [7, 11) is 1.09. The average molecular weight is 473 g/mol. The van der Waals surface area contributed by atoms with Gasteiger partial charge in [0, 0.05) is 12.1 Å². The summed E-state index contributed by atoms with van der Waals surface area (Å²) in [4.78, 5) is 35.6. The van der Waals surface area contributed by atoms with E-state index in [1.165, 1.54) is 24.3 Å². The summed E-state index contributed by atoms with van der Waals surface area (Å²) in [5.74, 6) is -5.06. The van der Waals surface area contributed by atoms with Crippen molar-refractivity contribution in [3.63, 3.8) is 0 Å².